The lowest BCUT2D eigenvalue weighted by molar-refractivity contribution is -0.137. The average molecular weight is 360 g/mol. The molecule has 0 fully saturated rings. The molecule has 0 aromatic heterocycles. The first-order valence-corrected chi connectivity index (χ1v) is 7.82. The van der Waals surface area contributed by atoms with Crippen LogP contribution in [0.3, 0.4) is 0 Å². The van der Waals surface area contributed by atoms with Gasteiger partial charge in [-0.2, -0.15) is 13.2 Å². The van der Waals surface area contributed by atoms with Crippen molar-refractivity contribution in [2.45, 2.75) is 13.1 Å². The van der Waals surface area contributed by atoms with Gasteiger partial charge < -0.3 is 10.8 Å². The van der Waals surface area contributed by atoms with E-state index in [0.29, 0.717) is 22.7 Å². The summed E-state index contributed by atoms with van der Waals surface area (Å²) in [5, 5.41) is 13.6. The molecule has 4 rings (SSSR count). The molecule has 2 aromatic rings. The minimum absolute atomic E-state index is 0.139. The molecule has 2 aliphatic rings. The highest BCUT2D eigenvalue weighted by Gasteiger charge is 2.37. The molecule has 0 saturated carbocycles. The highest BCUT2D eigenvalue weighted by molar-refractivity contribution is 5.86. The number of aliphatic hydroxyl groups excluding tert-OH is 1. The van der Waals surface area contributed by atoms with Crippen LogP contribution in [0.15, 0.2) is 65.7 Å². The summed E-state index contributed by atoms with van der Waals surface area (Å²) in [6.07, 6.45) is -4.41. The second-order valence-electron chi connectivity index (χ2n) is 6.04. The molecule has 8 heteroatoms. The lowest BCUT2D eigenvalue weighted by atomic mass is 9.99. The fraction of sp³-hybridized carbons (Fsp3) is 0.111. The molecule has 4 N–H and O–H groups in total. The van der Waals surface area contributed by atoms with E-state index in [0.717, 1.165) is 23.4 Å². The normalized spacial score (nSPS) is 16.9. The fourth-order valence-corrected chi connectivity index (χ4v) is 3.12. The Labute approximate surface area is 147 Å². The van der Waals surface area contributed by atoms with Crippen LogP contribution < -0.4 is 21.3 Å². The van der Waals surface area contributed by atoms with Crippen molar-refractivity contribution in [3.8, 4) is 0 Å². The summed E-state index contributed by atoms with van der Waals surface area (Å²) >= 11 is 0. The minimum atomic E-state index is -4.41. The molecule has 26 heavy (non-hydrogen) atoms. The molecule has 0 atom stereocenters. The van der Waals surface area contributed by atoms with Gasteiger partial charge in [0.1, 0.15) is 5.70 Å². The number of allylic oxidation sites excluding steroid dienone is 1. The van der Waals surface area contributed by atoms with Crippen molar-refractivity contribution < 1.29 is 18.3 Å². The van der Waals surface area contributed by atoms with E-state index in [4.69, 9.17) is 5.73 Å². The number of hydrogen-bond acceptors (Lipinski definition) is 5. The molecular weight excluding hydrogens is 345 g/mol. The number of hydrogen-bond donors (Lipinski definition) is 3. The maximum Gasteiger partial charge on any atom is 0.416 e. The Morgan fingerprint density at radius 2 is 1.65 bits per heavy atom. The number of aliphatic hydroxyl groups is 1. The predicted octanol–water partition coefficient (Wildman–Crippen LogP) is 3.88. The van der Waals surface area contributed by atoms with Crippen LogP contribution in [-0.4, -0.2) is 5.11 Å². The summed E-state index contributed by atoms with van der Waals surface area (Å²) < 4.78 is 38.3. The van der Waals surface area contributed by atoms with Crippen molar-refractivity contribution in [1.29, 1.82) is 0 Å². The van der Waals surface area contributed by atoms with Gasteiger partial charge in [0.2, 0.25) is 5.88 Å². The van der Waals surface area contributed by atoms with Crippen molar-refractivity contribution in [2.75, 3.05) is 10.0 Å². The van der Waals surface area contributed by atoms with E-state index in [1.165, 1.54) is 17.1 Å². The van der Waals surface area contributed by atoms with Crippen LogP contribution in [0.25, 0.3) is 5.70 Å². The summed E-state index contributed by atoms with van der Waals surface area (Å²) in [5.41, 5.74) is 12.0. The van der Waals surface area contributed by atoms with E-state index in [1.807, 2.05) is 24.3 Å². The highest BCUT2D eigenvalue weighted by atomic mass is 19.4. The molecule has 134 valence electrons. The topological polar surface area (TPSA) is 64.8 Å². The summed E-state index contributed by atoms with van der Waals surface area (Å²) in [5.74, 6) is -0.139. The molecule has 2 heterocycles. The van der Waals surface area contributed by atoms with E-state index in [-0.39, 0.29) is 5.88 Å². The number of alkyl halides is 3. The number of hydrazine groups is 2. The van der Waals surface area contributed by atoms with E-state index in [2.05, 4.69) is 5.53 Å². The maximum atomic E-state index is 12.8. The number of rotatable bonds is 1. The molecule has 0 spiro atoms. The SMILES string of the molecule is CC1=C(N)c2ccccc2N2NN(c3ccc(C(F)(F)F)cc3)C(O)=C12. The maximum absolute atomic E-state index is 12.8. The molecule has 2 aromatic carbocycles. The summed E-state index contributed by atoms with van der Waals surface area (Å²) in [4.78, 5) is 0. The van der Waals surface area contributed by atoms with Crippen LogP contribution in [0, 0.1) is 0 Å². The van der Waals surface area contributed by atoms with Gasteiger partial charge in [-0.3, -0.25) is 5.01 Å². The van der Waals surface area contributed by atoms with Crippen molar-refractivity contribution in [2.24, 2.45) is 5.73 Å². The largest absolute Gasteiger partial charge is 0.492 e. The Balaban J connectivity index is 1.77. The molecular formula is C18H15F3N4O. The molecule has 0 aliphatic carbocycles. The Morgan fingerprint density at radius 1 is 1.00 bits per heavy atom. The second kappa shape index (κ2) is 5.43. The van der Waals surface area contributed by atoms with Crippen LogP contribution in [0.2, 0.25) is 0 Å². The summed E-state index contributed by atoms with van der Waals surface area (Å²) in [7, 11) is 0. The molecule has 0 bridgehead atoms. The van der Waals surface area contributed by atoms with Gasteiger partial charge in [-0.25, -0.2) is 5.01 Å². The Kier molecular flexibility index (Phi) is 3.42. The van der Waals surface area contributed by atoms with Gasteiger partial charge in [0, 0.05) is 16.8 Å². The highest BCUT2D eigenvalue weighted by Crippen LogP contribution is 2.41. The van der Waals surface area contributed by atoms with E-state index in [9.17, 15) is 18.3 Å². The first-order chi connectivity index (χ1) is 12.3. The van der Waals surface area contributed by atoms with Crippen LogP contribution in [0.5, 0.6) is 0 Å². The second-order valence-corrected chi connectivity index (χ2v) is 6.04. The molecule has 0 radical (unpaired) electrons. The summed E-state index contributed by atoms with van der Waals surface area (Å²) in [6, 6.07) is 11.9. The number of nitrogens with one attached hydrogen (secondary N) is 1. The average Bonchev–Trinajstić information content (AvgIpc) is 2.97. The number of para-hydroxylation sites is 1. The van der Waals surface area contributed by atoms with Crippen molar-refractivity contribution in [3.63, 3.8) is 0 Å². The first-order valence-electron chi connectivity index (χ1n) is 7.82. The van der Waals surface area contributed by atoms with Crippen molar-refractivity contribution in [1.82, 2.24) is 5.53 Å². The lowest BCUT2D eigenvalue weighted by Crippen LogP contribution is -2.43. The molecule has 2 aliphatic heterocycles. The molecule has 5 nitrogen and oxygen atoms in total. The van der Waals surface area contributed by atoms with Gasteiger partial charge in [0.15, 0.2) is 0 Å². The van der Waals surface area contributed by atoms with Gasteiger partial charge in [0.05, 0.1) is 16.9 Å². The quantitative estimate of drug-likeness (QED) is 0.720. The van der Waals surface area contributed by atoms with Gasteiger partial charge in [-0.1, -0.05) is 18.2 Å². The van der Waals surface area contributed by atoms with E-state index >= 15 is 0 Å². The zero-order chi connectivity index (χ0) is 18.6. The van der Waals surface area contributed by atoms with Gasteiger partial charge in [-0.05, 0) is 37.3 Å². The van der Waals surface area contributed by atoms with Crippen LogP contribution >= 0.6 is 0 Å². The number of halogens is 3. The number of nitrogens with two attached hydrogens (primary N) is 1. The zero-order valence-electron chi connectivity index (χ0n) is 13.7. The Morgan fingerprint density at radius 3 is 2.31 bits per heavy atom. The van der Waals surface area contributed by atoms with Crippen LogP contribution in [-0.2, 0) is 6.18 Å². The lowest BCUT2D eigenvalue weighted by Gasteiger charge is -2.30. The number of nitrogens with zero attached hydrogens (tertiary/aromatic N) is 2. The molecule has 0 unspecified atom stereocenters. The van der Waals surface area contributed by atoms with E-state index in [1.54, 1.807) is 11.9 Å². The molecule has 0 amide bonds. The first kappa shape index (κ1) is 16.3. The third-order valence-corrected chi connectivity index (χ3v) is 4.49. The Bertz CT molecular complexity index is 948. The van der Waals surface area contributed by atoms with Crippen LogP contribution in [0.4, 0.5) is 24.5 Å². The number of fused-ring (bicyclic) bond motifs is 3. The smallest absolute Gasteiger partial charge is 0.416 e. The third kappa shape index (κ3) is 2.30. The molecule has 0 saturated heterocycles. The van der Waals surface area contributed by atoms with Gasteiger partial charge in [0.25, 0.3) is 0 Å². The van der Waals surface area contributed by atoms with Crippen molar-refractivity contribution >= 4 is 17.1 Å². The van der Waals surface area contributed by atoms with Gasteiger partial charge in [-0.15, -0.1) is 5.53 Å². The van der Waals surface area contributed by atoms with E-state index < -0.39 is 11.7 Å². The number of anilines is 2. The van der Waals surface area contributed by atoms with Crippen LogP contribution in [0.1, 0.15) is 18.1 Å². The standard InChI is InChI=1S/C18H15F3N4O/c1-10-15(22)13-4-2-3-5-14(13)25-16(10)17(26)24(23-25)12-8-6-11(7-9-12)18(19,20)21/h2-9,23,26H,22H2,1H3. The fourth-order valence-electron chi connectivity index (χ4n) is 3.12. The minimum Gasteiger partial charge on any atom is -0.492 e. The summed E-state index contributed by atoms with van der Waals surface area (Å²) in [6.45, 7) is 1.78. The zero-order valence-corrected chi connectivity index (χ0v) is 13.7. The third-order valence-electron chi connectivity index (χ3n) is 4.49. The van der Waals surface area contributed by atoms with Crippen molar-refractivity contribution in [3.05, 3.63) is 76.8 Å². The van der Waals surface area contributed by atoms with Gasteiger partial charge >= 0.3 is 6.18 Å². The monoisotopic (exact) mass is 360 g/mol. The number of benzene rings is 2. The Hall–Kier alpha value is -3.13. The predicted molar refractivity (Wildman–Crippen MR) is 92.4 cm³/mol.